The van der Waals surface area contributed by atoms with Crippen molar-refractivity contribution in [3.8, 4) is 0 Å². The zero-order chi connectivity index (χ0) is 17.6. The maximum atomic E-state index is 12.2. The topological polar surface area (TPSA) is 74.3 Å². The molecule has 0 radical (unpaired) electrons. The fourth-order valence-electron chi connectivity index (χ4n) is 2.91. The van der Waals surface area contributed by atoms with Gasteiger partial charge in [-0.3, -0.25) is 9.59 Å². The summed E-state index contributed by atoms with van der Waals surface area (Å²) >= 11 is 0. The smallest absolute Gasteiger partial charge is 0.313 e. The quantitative estimate of drug-likeness (QED) is 0.844. The van der Waals surface area contributed by atoms with E-state index in [1.807, 2.05) is 30.3 Å². The number of nitrogens with one attached hydrogen (secondary N) is 2. The molecule has 6 heteroatoms. The first-order valence-electron chi connectivity index (χ1n) is 8.50. The van der Waals surface area contributed by atoms with E-state index in [0.717, 1.165) is 18.5 Å². The monoisotopic (exact) mass is 338 g/mol. The summed E-state index contributed by atoms with van der Waals surface area (Å²) in [5.74, 6) is 0.0218. The number of carbonyl (C=O) groups excluding carboxylic acids is 2. The van der Waals surface area contributed by atoms with Gasteiger partial charge >= 0.3 is 11.8 Å². The van der Waals surface area contributed by atoms with E-state index < -0.39 is 11.8 Å². The second-order valence-corrected chi connectivity index (χ2v) is 6.38. The lowest BCUT2D eigenvalue weighted by Gasteiger charge is -2.30. The number of nitrogens with zero attached hydrogens (tertiary/aromatic N) is 2. The minimum absolute atomic E-state index is 0.440. The van der Waals surface area contributed by atoms with Crippen molar-refractivity contribution in [2.45, 2.75) is 19.8 Å². The number of hydrogen-bond donors (Lipinski definition) is 2. The lowest BCUT2D eigenvalue weighted by Crippen LogP contribution is -2.44. The van der Waals surface area contributed by atoms with Crippen molar-refractivity contribution in [3.05, 3.63) is 48.7 Å². The molecule has 1 aliphatic rings. The van der Waals surface area contributed by atoms with Crippen LogP contribution in [0.15, 0.2) is 48.7 Å². The molecular formula is C19H22N4O2. The summed E-state index contributed by atoms with van der Waals surface area (Å²) in [5, 5.41) is 5.79. The van der Waals surface area contributed by atoms with Crippen LogP contribution in [0.4, 0.5) is 17.2 Å². The lowest BCUT2D eigenvalue weighted by molar-refractivity contribution is -0.144. The highest BCUT2D eigenvalue weighted by atomic mass is 16.2. The molecule has 25 heavy (non-hydrogen) atoms. The number of carbonyl (C=O) groups is 2. The molecule has 0 saturated carbocycles. The van der Waals surface area contributed by atoms with Gasteiger partial charge in [-0.25, -0.2) is 4.98 Å². The van der Waals surface area contributed by atoms with Crippen LogP contribution in [0.2, 0.25) is 0 Å². The Morgan fingerprint density at radius 1 is 1.12 bits per heavy atom. The fraction of sp³-hybridized carbons (Fsp3) is 0.316. The van der Waals surface area contributed by atoms with Gasteiger partial charge in [0.1, 0.15) is 5.82 Å². The lowest BCUT2D eigenvalue weighted by atomic mass is 10.0. The van der Waals surface area contributed by atoms with Crippen LogP contribution in [0.1, 0.15) is 19.8 Å². The first-order chi connectivity index (χ1) is 12.1. The van der Waals surface area contributed by atoms with E-state index in [4.69, 9.17) is 0 Å². The second kappa shape index (κ2) is 7.79. The van der Waals surface area contributed by atoms with Crippen molar-refractivity contribution < 1.29 is 9.59 Å². The summed E-state index contributed by atoms with van der Waals surface area (Å²) in [7, 11) is 0. The Hall–Kier alpha value is -2.89. The molecule has 1 aromatic carbocycles. The van der Waals surface area contributed by atoms with E-state index in [1.54, 1.807) is 17.0 Å². The van der Waals surface area contributed by atoms with Gasteiger partial charge in [0.25, 0.3) is 0 Å². The number of likely N-dealkylation sites (tertiary alicyclic amines) is 1. The number of para-hydroxylation sites is 1. The van der Waals surface area contributed by atoms with Crippen LogP contribution in [0.25, 0.3) is 0 Å². The van der Waals surface area contributed by atoms with Crippen molar-refractivity contribution in [1.82, 2.24) is 9.88 Å². The van der Waals surface area contributed by atoms with E-state index in [0.29, 0.717) is 30.5 Å². The summed E-state index contributed by atoms with van der Waals surface area (Å²) < 4.78 is 0. The van der Waals surface area contributed by atoms with Crippen LogP contribution in [0.3, 0.4) is 0 Å². The molecule has 0 aliphatic carbocycles. The van der Waals surface area contributed by atoms with Crippen molar-refractivity contribution in [2.24, 2.45) is 5.92 Å². The molecule has 0 spiro atoms. The number of pyridine rings is 1. The molecule has 2 amide bonds. The molecule has 1 atom stereocenters. The number of amides is 2. The molecule has 2 heterocycles. The van der Waals surface area contributed by atoms with Crippen LogP contribution < -0.4 is 10.6 Å². The Morgan fingerprint density at radius 3 is 2.60 bits per heavy atom. The Bertz CT molecular complexity index is 731. The Labute approximate surface area is 147 Å². The molecule has 2 aromatic rings. The van der Waals surface area contributed by atoms with Gasteiger partial charge in [0.05, 0.1) is 11.9 Å². The first kappa shape index (κ1) is 17.0. The van der Waals surface area contributed by atoms with Crippen LogP contribution in [0.5, 0.6) is 0 Å². The number of piperidine rings is 1. The van der Waals surface area contributed by atoms with Gasteiger partial charge in [0, 0.05) is 18.8 Å². The maximum absolute atomic E-state index is 12.2. The van der Waals surface area contributed by atoms with Crippen molar-refractivity contribution in [1.29, 1.82) is 0 Å². The summed E-state index contributed by atoms with van der Waals surface area (Å²) in [6.45, 7) is 3.39. The van der Waals surface area contributed by atoms with Gasteiger partial charge in [0.15, 0.2) is 0 Å². The number of benzene rings is 1. The molecule has 1 aromatic heterocycles. The molecule has 2 N–H and O–H groups in total. The molecule has 3 rings (SSSR count). The SMILES string of the molecule is C[C@H]1CCCN(C(=O)C(=O)Nc2ccc(Nc3ccccc3)nc2)C1. The van der Waals surface area contributed by atoms with Crippen LogP contribution >= 0.6 is 0 Å². The van der Waals surface area contributed by atoms with Crippen molar-refractivity contribution in [3.63, 3.8) is 0 Å². The van der Waals surface area contributed by atoms with Crippen molar-refractivity contribution in [2.75, 3.05) is 23.7 Å². The third kappa shape index (κ3) is 4.56. The molecule has 1 aliphatic heterocycles. The van der Waals surface area contributed by atoms with E-state index in [2.05, 4.69) is 22.5 Å². The van der Waals surface area contributed by atoms with Gasteiger partial charge in [-0.2, -0.15) is 0 Å². The molecular weight excluding hydrogens is 316 g/mol. The Balaban J connectivity index is 1.57. The standard InChI is InChI=1S/C19H22N4O2/c1-14-6-5-11-23(13-14)19(25)18(24)22-16-9-10-17(20-12-16)21-15-7-3-2-4-8-15/h2-4,7-10,12,14H,5-6,11,13H2,1H3,(H,20,21)(H,22,24)/t14-/m0/s1. The zero-order valence-corrected chi connectivity index (χ0v) is 14.2. The van der Waals surface area contributed by atoms with Gasteiger partial charge in [-0.15, -0.1) is 0 Å². The predicted molar refractivity (Wildman–Crippen MR) is 97.6 cm³/mol. The molecule has 6 nitrogen and oxygen atoms in total. The highest BCUT2D eigenvalue weighted by molar-refractivity contribution is 6.39. The third-order valence-electron chi connectivity index (χ3n) is 4.21. The number of aromatic nitrogens is 1. The van der Waals surface area contributed by atoms with E-state index in [9.17, 15) is 9.59 Å². The minimum atomic E-state index is -0.611. The average Bonchev–Trinajstić information content (AvgIpc) is 2.63. The molecule has 0 bridgehead atoms. The minimum Gasteiger partial charge on any atom is -0.340 e. The van der Waals surface area contributed by atoms with Gasteiger partial charge < -0.3 is 15.5 Å². The van der Waals surface area contributed by atoms with Gasteiger partial charge in [0.2, 0.25) is 0 Å². The van der Waals surface area contributed by atoms with Crippen molar-refractivity contribution >= 4 is 29.0 Å². The summed E-state index contributed by atoms with van der Waals surface area (Å²) in [6, 6.07) is 13.2. The largest absolute Gasteiger partial charge is 0.340 e. The van der Waals surface area contributed by atoms with Gasteiger partial charge in [-0.1, -0.05) is 25.1 Å². The first-order valence-corrected chi connectivity index (χ1v) is 8.50. The molecule has 1 fully saturated rings. The van der Waals surface area contributed by atoms with E-state index in [1.165, 1.54) is 6.20 Å². The normalized spacial score (nSPS) is 17.0. The number of hydrogen-bond acceptors (Lipinski definition) is 4. The van der Waals surface area contributed by atoms with E-state index in [-0.39, 0.29) is 0 Å². The third-order valence-corrected chi connectivity index (χ3v) is 4.21. The van der Waals surface area contributed by atoms with Crippen LogP contribution in [-0.2, 0) is 9.59 Å². The van der Waals surface area contributed by atoms with Gasteiger partial charge in [-0.05, 0) is 43.0 Å². The second-order valence-electron chi connectivity index (χ2n) is 6.38. The number of anilines is 3. The van der Waals surface area contributed by atoms with E-state index >= 15 is 0 Å². The number of rotatable bonds is 3. The molecule has 1 saturated heterocycles. The summed E-state index contributed by atoms with van der Waals surface area (Å²) in [5.41, 5.74) is 1.43. The Morgan fingerprint density at radius 2 is 1.92 bits per heavy atom. The average molecular weight is 338 g/mol. The summed E-state index contributed by atoms with van der Waals surface area (Å²) in [4.78, 5) is 30.3. The highest BCUT2D eigenvalue weighted by Crippen LogP contribution is 2.17. The maximum Gasteiger partial charge on any atom is 0.313 e. The van der Waals surface area contributed by atoms with Crippen LogP contribution in [0, 0.1) is 5.92 Å². The summed E-state index contributed by atoms with van der Waals surface area (Å²) in [6.07, 6.45) is 3.59. The fourth-order valence-corrected chi connectivity index (χ4v) is 2.91. The van der Waals surface area contributed by atoms with Crippen LogP contribution in [-0.4, -0.2) is 34.8 Å². The predicted octanol–water partition coefficient (Wildman–Crippen LogP) is 3.02. The Kier molecular flexibility index (Phi) is 5.28. The molecule has 130 valence electrons. The zero-order valence-electron chi connectivity index (χ0n) is 14.2. The highest BCUT2D eigenvalue weighted by Gasteiger charge is 2.26. The molecule has 0 unspecified atom stereocenters.